The smallest absolute Gasteiger partial charge is 0.201 e. The highest BCUT2D eigenvalue weighted by Gasteiger charge is 2.01. The molecule has 2 aromatic heterocycles. The summed E-state index contributed by atoms with van der Waals surface area (Å²) in [5, 5.41) is 3.18. The molecule has 0 radical (unpaired) electrons. The molecule has 80 valence electrons. The van der Waals surface area contributed by atoms with Crippen LogP contribution in [-0.4, -0.2) is 19.9 Å². The van der Waals surface area contributed by atoms with Gasteiger partial charge >= 0.3 is 0 Å². The summed E-state index contributed by atoms with van der Waals surface area (Å²) in [5.41, 5.74) is 1.99. The molecule has 3 N–H and O–H groups in total. The second kappa shape index (κ2) is 3.69. The van der Waals surface area contributed by atoms with E-state index in [1.54, 1.807) is 12.4 Å². The Hall–Kier alpha value is -2.30. The number of imidazole rings is 2. The number of nitrogens with one attached hydrogen (secondary N) is 3. The summed E-state index contributed by atoms with van der Waals surface area (Å²) in [6.07, 6.45) is 3.53. The van der Waals surface area contributed by atoms with Gasteiger partial charge in [-0.25, -0.2) is 9.97 Å². The summed E-state index contributed by atoms with van der Waals surface area (Å²) in [6, 6.07) is 7.93. The Morgan fingerprint density at radius 1 is 1.25 bits per heavy atom. The topological polar surface area (TPSA) is 69.4 Å². The largest absolute Gasteiger partial charge is 0.349 e. The van der Waals surface area contributed by atoms with Gasteiger partial charge in [0.15, 0.2) is 0 Å². The predicted molar refractivity (Wildman–Crippen MR) is 62.0 cm³/mol. The zero-order chi connectivity index (χ0) is 10.8. The average Bonchev–Trinajstić information content (AvgIpc) is 2.95. The molecule has 0 aliphatic rings. The van der Waals surface area contributed by atoms with Gasteiger partial charge in [0, 0.05) is 12.4 Å². The molecule has 3 aromatic rings. The first-order valence-electron chi connectivity index (χ1n) is 5.09. The Morgan fingerprint density at radius 3 is 3.00 bits per heavy atom. The van der Waals surface area contributed by atoms with Crippen molar-refractivity contribution in [1.29, 1.82) is 0 Å². The van der Waals surface area contributed by atoms with Gasteiger partial charge in [0.25, 0.3) is 0 Å². The van der Waals surface area contributed by atoms with Crippen molar-refractivity contribution in [3.63, 3.8) is 0 Å². The molecule has 0 fully saturated rings. The maximum atomic E-state index is 4.40. The lowest BCUT2D eigenvalue weighted by atomic mass is 10.3. The van der Waals surface area contributed by atoms with Crippen molar-refractivity contribution >= 4 is 17.0 Å². The summed E-state index contributed by atoms with van der Waals surface area (Å²) >= 11 is 0. The van der Waals surface area contributed by atoms with Gasteiger partial charge in [-0.1, -0.05) is 12.1 Å². The van der Waals surface area contributed by atoms with E-state index in [-0.39, 0.29) is 0 Å². The molecular formula is C11H11N5. The second-order valence-corrected chi connectivity index (χ2v) is 3.49. The Kier molecular flexibility index (Phi) is 2.07. The molecule has 0 atom stereocenters. The van der Waals surface area contributed by atoms with Crippen LogP contribution in [0.3, 0.4) is 0 Å². The first-order valence-corrected chi connectivity index (χ1v) is 5.09. The Morgan fingerprint density at radius 2 is 2.19 bits per heavy atom. The number of hydrogen-bond acceptors (Lipinski definition) is 3. The van der Waals surface area contributed by atoms with Crippen LogP contribution in [0.25, 0.3) is 11.0 Å². The molecule has 0 saturated carbocycles. The van der Waals surface area contributed by atoms with Crippen molar-refractivity contribution in [1.82, 2.24) is 19.9 Å². The van der Waals surface area contributed by atoms with Crippen LogP contribution < -0.4 is 5.32 Å². The summed E-state index contributed by atoms with van der Waals surface area (Å²) in [6.45, 7) is 0.632. The average molecular weight is 213 g/mol. The number of anilines is 1. The molecule has 5 nitrogen and oxygen atoms in total. The number of rotatable bonds is 3. The minimum atomic E-state index is 0.632. The highest BCUT2D eigenvalue weighted by Crippen LogP contribution is 2.13. The van der Waals surface area contributed by atoms with Crippen LogP contribution in [-0.2, 0) is 6.54 Å². The van der Waals surface area contributed by atoms with Crippen molar-refractivity contribution in [2.45, 2.75) is 6.54 Å². The SMILES string of the molecule is c1ccc2[nH]c(NCc3ncc[nH]3)nc2c1. The van der Waals surface area contributed by atoms with E-state index >= 15 is 0 Å². The number of fused-ring (bicyclic) bond motifs is 1. The van der Waals surface area contributed by atoms with Crippen LogP contribution in [0.5, 0.6) is 0 Å². The van der Waals surface area contributed by atoms with Crippen LogP contribution in [0.4, 0.5) is 5.95 Å². The molecule has 5 heteroatoms. The van der Waals surface area contributed by atoms with Gasteiger partial charge in [-0.05, 0) is 12.1 Å². The number of aromatic nitrogens is 4. The van der Waals surface area contributed by atoms with E-state index in [4.69, 9.17) is 0 Å². The lowest BCUT2D eigenvalue weighted by molar-refractivity contribution is 0.982. The zero-order valence-electron chi connectivity index (χ0n) is 8.57. The van der Waals surface area contributed by atoms with Crippen LogP contribution in [0.1, 0.15) is 5.82 Å². The third-order valence-electron chi connectivity index (χ3n) is 2.37. The molecule has 1 aromatic carbocycles. The maximum Gasteiger partial charge on any atom is 0.201 e. The van der Waals surface area contributed by atoms with E-state index in [1.165, 1.54) is 0 Å². The third-order valence-corrected chi connectivity index (χ3v) is 2.37. The lowest BCUT2D eigenvalue weighted by Gasteiger charge is -1.98. The molecule has 0 amide bonds. The first kappa shape index (κ1) is 8.96. The molecule has 16 heavy (non-hydrogen) atoms. The molecule has 0 spiro atoms. The van der Waals surface area contributed by atoms with Gasteiger partial charge in [-0.3, -0.25) is 0 Å². The normalized spacial score (nSPS) is 10.8. The third kappa shape index (κ3) is 1.63. The van der Waals surface area contributed by atoms with Gasteiger partial charge < -0.3 is 15.3 Å². The Bertz CT molecular complexity index is 548. The van der Waals surface area contributed by atoms with Gasteiger partial charge in [-0.15, -0.1) is 0 Å². The number of benzene rings is 1. The van der Waals surface area contributed by atoms with Crippen molar-refractivity contribution in [2.75, 3.05) is 5.32 Å². The van der Waals surface area contributed by atoms with E-state index in [9.17, 15) is 0 Å². The fourth-order valence-electron chi connectivity index (χ4n) is 1.60. The van der Waals surface area contributed by atoms with Crippen molar-refractivity contribution < 1.29 is 0 Å². The van der Waals surface area contributed by atoms with Crippen molar-refractivity contribution in [2.24, 2.45) is 0 Å². The summed E-state index contributed by atoms with van der Waals surface area (Å²) < 4.78 is 0. The monoisotopic (exact) mass is 213 g/mol. The standard InChI is InChI=1S/C11H11N5/c1-2-4-9-8(3-1)15-11(16-9)14-7-10-12-5-6-13-10/h1-6H,7H2,(H,12,13)(H2,14,15,16). The fraction of sp³-hybridized carbons (Fsp3) is 0.0909. The molecule has 0 aliphatic carbocycles. The van der Waals surface area contributed by atoms with E-state index in [2.05, 4.69) is 25.3 Å². The first-order chi connectivity index (χ1) is 7.92. The van der Waals surface area contributed by atoms with E-state index in [0.717, 1.165) is 22.8 Å². The summed E-state index contributed by atoms with van der Waals surface area (Å²) in [5.74, 6) is 1.65. The molecule has 0 saturated heterocycles. The maximum absolute atomic E-state index is 4.40. The van der Waals surface area contributed by atoms with Gasteiger partial charge in [-0.2, -0.15) is 0 Å². The van der Waals surface area contributed by atoms with Crippen LogP contribution in [0, 0.1) is 0 Å². The molecule has 3 rings (SSSR count). The van der Waals surface area contributed by atoms with Crippen LogP contribution >= 0.6 is 0 Å². The summed E-state index contributed by atoms with van der Waals surface area (Å²) in [4.78, 5) is 14.7. The zero-order valence-corrected chi connectivity index (χ0v) is 8.57. The lowest BCUT2D eigenvalue weighted by Crippen LogP contribution is -2.02. The van der Waals surface area contributed by atoms with Crippen LogP contribution in [0.15, 0.2) is 36.7 Å². The second-order valence-electron chi connectivity index (χ2n) is 3.49. The molecule has 2 heterocycles. The van der Waals surface area contributed by atoms with Crippen molar-refractivity contribution in [3.05, 3.63) is 42.5 Å². The highest BCUT2D eigenvalue weighted by molar-refractivity contribution is 5.77. The Balaban J connectivity index is 1.79. The molecule has 0 aliphatic heterocycles. The van der Waals surface area contributed by atoms with Crippen LogP contribution in [0.2, 0.25) is 0 Å². The van der Waals surface area contributed by atoms with Gasteiger partial charge in [0.1, 0.15) is 5.82 Å². The van der Waals surface area contributed by atoms with Gasteiger partial charge in [0.05, 0.1) is 17.6 Å². The number of aromatic amines is 2. The number of H-pyrrole nitrogens is 2. The van der Waals surface area contributed by atoms with E-state index in [0.29, 0.717) is 6.54 Å². The van der Waals surface area contributed by atoms with Gasteiger partial charge in [0.2, 0.25) is 5.95 Å². The Labute approximate surface area is 91.9 Å². The molecule has 0 bridgehead atoms. The van der Waals surface area contributed by atoms with E-state index < -0.39 is 0 Å². The number of para-hydroxylation sites is 2. The quantitative estimate of drug-likeness (QED) is 0.622. The number of hydrogen-bond donors (Lipinski definition) is 3. The summed E-state index contributed by atoms with van der Waals surface area (Å²) in [7, 11) is 0. The number of nitrogens with zero attached hydrogens (tertiary/aromatic N) is 2. The van der Waals surface area contributed by atoms with E-state index in [1.807, 2.05) is 24.3 Å². The highest BCUT2D eigenvalue weighted by atomic mass is 15.1. The fourth-order valence-corrected chi connectivity index (χ4v) is 1.60. The molecule has 0 unspecified atom stereocenters. The molecular weight excluding hydrogens is 202 g/mol. The predicted octanol–water partition coefficient (Wildman–Crippen LogP) is 1.90. The minimum Gasteiger partial charge on any atom is -0.349 e. The minimum absolute atomic E-state index is 0.632. The van der Waals surface area contributed by atoms with Crippen molar-refractivity contribution in [3.8, 4) is 0 Å².